The molecular formula is C18H26ClN5O2. The molecular weight excluding hydrogens is 354 g/mol. The van der Waals surface area contributed by atoms with Crippen LogP contribution < -0.4 is 15.4 Å². The molecule has 8 heteroatoms. The second-order valence-electron chi connectivity index (χ2n) is 6.32. The van der Waals surface area contributed by atoms with Crippen molar-refractivity contribution < 1.29 is 9.53 Å². The molecule has 0 radical (unpaired) electrons. The summed E-state index contributed by atoms with van der Waals surface area (Å²) in [6.07, 6.45) is 2.01. The van der Waals surface area contributed by atoms with Gasteiger partial charge in [0.2, 0.25) is 0 Å². The molecule has 7 nitrogen and oxygen atoms in total. The minimum atomic E-state index is -0.235. The van der Waals surface area contributed by atoms with Gasteiger partial charge in [-0.15, -0.1) is 17.5 Å². The standard InChI is InChI=1S/C18H25N5O2.ClH/c1-4-25-16-6-5-14(11-12(16)2)20-18(24)17-13(3)23(22-21-17)15-7-9-19-10-8-15;/h5-6,11,15,19H,4,7-10H2,1-3H3,(H,20,24);1H. The number of benzene rings is 1. The zero-order valence-electron chi connectivity index (χ0n) is 15.4. The van der Waals surface area contributed by atoms with Crippen molar-refractivity contribution in [2.24, 2.45) is 0 Å². The van der Waals surface area contributed by atoms with Crippen LogP contribution in [0.1, 0.15) is 47.6 Å². The van der Waals surface area contributed by atoms with E-state index < -0.39 is 0 Å². The number of amides is 1. The third kappa shape index (κ3) is 4.34. The van der Waals surface area contributed by atoms with Crippen molar-refractivity contribution in [3.8, 4) is 5.75 Å². The molecule has 1 saturated heterocycles. The molecule has 0 spiro atoms. The van der Waals surface area contributed by atoms with Crippen LogP contribution in [0.2, 0.25) is 0 Å². The van der Waals surface area contributed by atoms with Crippen LogP contribution in [0.15, 0.2) is 18.2 Å². The molecule has 0 bridgehead atoms. The van der Waals surface area contributed by atoms with Crippen LogP contribution >= 0.6 is 12.4 Å². The number of carbonyl (C=O) groups excluding carboxylic acids is 1. The van der Waals surface area contributed by atoms with E-state index >= 15 is 0 Å². The lowest BCUT2D eigenvalue weighted by Crippen LogP contribution is -2.30. The topological polar surface area (TPSA) is 81.1 Å². The number of aryl methyl sites for hydroxylation is 1. The van der Waals surface area contributed by atoms with Crippen LogP contribution in [-0.2, 0) is 0 Å². The maximum atomic E-state index is 12.6. The fourth-order valence-corrected chi connectivity index (χ4v) is 3.18. The van der Waals surface area contributed by atoms with Crippen LogP contribution in [0.4, 0.5) is 5.69 Å². The summed E-state index contributed by atoms with van der Waals surface area (Å²) in [5, 5.41) is 14.6. The lowest BCUT2D eigenvalue weighted by atomic mass is 10.1. The predicted octanol–water partition coefficient (Wildman–Crippen LogP) is 2.89. The molecule has 3 rings (SSSR count). The van der Waals surface area contributed by atoms with Crippen LogP contribution in [0.5, 0.6) is 5.75 Å². The average molecular weight is 380 g/mol. The monoisotopic (exact) mass is 379 g/mol. The van der Waals surface area contributed by atoms with Gasteiger partial charge in [0.1, 0.15) is 5.75 Å². The molecule has 1 amide bonds. The van der Waals surface area contributed by atoms with Gasteiger partial charge in [0.15, 0.2) is 5.69 Å². The maximum Gasteiger partial charge on any atom is 0.278 e. The first-order valence-electron chi connectivity index (χ1n) is 8.77. The van der Waals surface area contributed by atoms with Gasteiger partial charge in [0.05, 0.1) is 18.3 Å². The molecule has 1 aliphatic heterocycles. The summed E-state index contributed by atoms with van der Waals surface area (Å²) in [4.78, 5) is 12.6. The molecule has 1 aromatic heterocycles. The molecule has 0 saturated carbocycles. The Hall–Kier alpha value is -2.12. The van der Waals surface area contributed by atoms with E-state index in [-0.39, 0.29) is 18.3 Å². The summed E-state index contributed by atoms with van der Waals surface area (Å²) < 4.78 is 7.42. The SMILES string of the molecule is CCOc1ccc(NC(=O)c2nnn(C3CCNCC3)c2C)cc1C.Cl. The number of nitrogens with zero attached hydrogens (tertiary/aromatic N) is 3. The first-order chi connectivity index (χ1) is 12.1. The van der Waals surface area contributed by atoms with E-state index in [2.05, 4.69) is 20.9 Å². The predicted molar refractivity (Wildman–Crippen MR) is 103 cm³/mol. The Morgan fingerprint density at radius 2 is 2.08 bits per heavy atom. The molecule has 26 heavy (non-hydrogen) atoms. The zero-order chi connectivity index (χ0) is 17.8. The number of carbonyl (C=O) groups is 1. The van der Waals surface area contributed by atoms with Crippen LogP contribution in [0, 0.1) is 13.8 Å². The largest absolute Gasteiger partial charge is 0.494 e. The quantitative estimate of drug-likeness (QED) is 0.834. The molecule has 2 heterocycles. The second-order valence-corrected chi connectivity index (χ2v) is 6.32. The van der Waals surface area contributed by atoms with Gasteiger partial charge in [-0.3, -0.25) is 4.79 Å². The van der Waals surface area contributed by atoms with Crippen LogP contribution in [0.3, 0.4) is 0 Å². The third-order valence-corrected chi connectivity index (χ3v) is 4.53. The highest BCUT2D eigenvalue weighted by Gasteiger charge is 2.23. The van der Waals surface area contributed by atoms with E-state index in [0.29, 0.717) is 18.3 Å². The van der Waals surface area contributed by atoms with E-state index in [1.165, 1.54) is 0 Å². The number of hydrogen-bond donors (Lipinski definition) is 2. The Morgan fingerprint density at radius 1 is 1.35 bits per heavy atom. The summed E-state index contributed by atoms with van der Waals surface area (Å²) in [5.41, 5.74) is 2.90. The molecule has 1 aromatic carbocycles. The Kier molecular flexibility index (Phi) is 6.99. The van der Waals surface area contributed by atoms with Crippen molar-refractivity contribution in [2.45, 2.75) is 39.7 Å². The molecule has 0 atom stereocenters. The third-order valence-electron chi connectivity index (χ3n) is 4.53. The summed E-state index contributed by atoms with van der Waals surface area (Å²) in [7, 11) is 0. The van der Waals surface area contributed by atoms with Crippen LogP contribution in [0.25, 0.3) is 0 Å². The van der Waals surface area contributed by atoms with Crippen molar-refractivity contribution in [1.29, 1.82) is 0 Å². The second kappa shape index (κ2) is 9.00. The van der Waals surface area contributed by atoms with Gasteiger partial charge in [-0.2, -0.15) is 0 Å². The Labute approximate surface area is 159 Å². The van der Waals surface area contributed by atoms with E-state index in [4.69, 9.17) is 4.74 Å². The van der Waals surface area contributed by atoms with Gasteiger partial charge >= 0.3 is 0 Å². The Balaban J connectivity index is 0.00000243. The van der Waals surface area contributed by atoms with Gasteiger partial charge in [-0.25, -0.2) is 4.68 Å². The normalized spacial score (nSPS) is 14.6. The van der Waals surface area contributed by atoms with E-state index in [0.717, 1.165) is 48.6 Å². The van der Waals surface area contributed by atoms with Gasteiger partial charge in [0.25, 0.3) is 5.91 Å². The summed E-state index contributed by atoms with van der Waals surface area (Å²) in [6, 6.07) is 5.91. The molecule has 1 aliphatic rings. The lowest BCUT2D eigenvalue weighted by molar-refractivity contribution is 0.102. The summed E-state index contributed by atoms with van der Waals surface area (Å²) >= 11 is 0. The van der Waals surface area contributed by atoms with Gasteiger partial charge in [-0.1, -0.05) is 5.21 Å². The number of aromatic nitrogens is 3. The van der Waals surface area contributed by atoms with Crippen molar-refractivity contribution in [2.75, 3.05) is 25.0 Å². The highest BCUT2D eigenvalue weighted by Crippen LogP contribution is 2.23. The fourth-order valence-electron chi connectivity index (χ4n) is 3.18. The number of halogens is 1. The zero-order valence-corrected chi connectivity index (χ0v) is 16.2. The molecule has 1 fully saturated rings. The highest BCUT2D eigenvalue weighted by molar-refractivity contribution is 6.03. The van der Waals surface area contributed by atoms with Crippen LogP contribution in [-0.4, -0.2) is 40.6 Å². The molecule has 0 unspecified atom stereocenters. The number of ether oxygens (including phenoxy) is 1. The smallest absolute Gasteiger partial charge is 0.278 e. The Morgan fingerprint density at radius 3 is 2.73 bits per heavy atom. The van der Waals surface area contributed by atoms with Crippen molar-refractivity contribution in [3.05, 3.63) is 35.2 Å². The van der Waals surface area contributed by atoms with Gasteiger partial charge in [-0.05, 0) is 70.5 Å². The van der Waals surface area contributed by atoms with Crippen molar-refractivity contribution in [1.82, 2.24) is 20.3 Å². The van der Waals surface area contributed by atoms with Gasteiger partial charge < -0.3 is 15.4 Å². The summed E-state index contributed by atoms with van der Waals surface area (Å²) in [6.45, 7) is 8.36. The molecule has 2 aromatic rings. The minimum absolute atomic E-state index is 0. The number of hydrogen-bond acceptors (Lipinski definition) is 5. The fraction of sp³-hybridized carbons (Fsp3) is 0.500. The van der Waals surface area contributed by atoms with Gasteiger partial charge in [0, 0.05) is 5.69 Å². The first kappa shape index (κ1) is 20.2. The Bertz CT molecular complexity index is 756. The molecule has 2 N–H and O–H groups in total. The number of anilines is 1. The summed E-state index contributed by atoms with van der Waals surface area (Å²) in [5.74, 6) is 0.592. The average Bonchev–Trinajstić information content (AvgIpc) is 3.00. The highest BCUT2D eigenvalue weighted by atomic mass is 35.5. The molecule has 142 valence electrons. The minimum Gasteiger partial charge on any atom is -0.494 e. The number of piperidine rings is 1. The first-order valence-corrected chi connectivity index (χ1v) is 8.77. The number of nitrogens with one attached hydrogen (secondary N) is 2. The van der Waals surface area contributed by atoms with E-state index in [9.17, 15) is 4.79 Å². The number of rotatable bonds is 5. The lowest BCUT2D eigenvalue weighted by Gasteiger charge is -2.23. The van der Waals surface area contributed by atoms with Crippen molar-refractivity contribution >= 4 is 24.0 Å². The van der Waals surface area contributed by atoms with E-state index in [1.807, 2.05) is 43.7 Å². The molecule has 0 aliphatic carbocycles. The maximum absolute atomic E-state index is 12.6. The van der Waals surface area contributed by atoms with Crippen molar-refractivity contribution in [3.63, 3.8) is 0 Å². The van der Waals surface area contributed by atoms with E-state index in [1.54, 1.807) is 0 Å².